The van der Waals surface area contributed by atoms with Gasteiger partial charge in [-0.2, -0.15) is 0 Å². The second-order valence-electron chi connectivity index (χ2n) is 7.53. The van der Waals surface area contributed by atoms with Crippen LogP contribution in [-0.4, -0.2) is 0 Å². The van der Waals surface area contributed by atoms with Gasteiger partial charge in [-0.25, -0.2) is 0 Å². The predicted octanol–water partition coefficient (Wildman–Crippen LogP) is 6.77. The summed E-state index contributed by atoms with van der Waals surface area (Å²) >= 11 is 0. The summed E-state index contributed by atoms with van der Waals surface area (Å²) in [5, 5.41) is 0. The lowest BCUT2D eigenvalue weighted by atomic mass is 9.89. The normalized spacial score (nSPS) is 10.8. The van der Waals surface area contributed by atoms with E-state index in [2.05, 4.69) is 110 Å². The largest absolute Gasteiger partial charge is 0.0622 e. The molecule has 4 aromatic carbocycles. The minimum absolute atomic E-state index is 0.977. The molecule has 0 aliphatic carbocycles. The maximum atomic E-state index is 2.41. The summed E-state index contributed by atoms with van der Waals surface area (Å²) in [6.45, 7) is 2.28. The van der Waals surface area contributed by atoms with Crippen molar-refractivity contribution in [2.24, 2.45) is 0 Å². The Bertz CT molecular complexity index is 953. The standard InChI is InChI=1S/C28H26/c1-22-27(18-24-13-7-3-8-14-24)20-26(17-23-11-5-2-6-12-23)21-28(22)19-25-15-9-4-10-16-25/h2-16,20-21H,17-19H2,1H3. The highest BCUT2D eigenvalue weighted by Crippen LogP contribution is 2.24. The molecule has 0 spiro atoms. The first kappa shape index (κ1) is 18.3. The molecule has 0 heteroatoms. The molecule has 0 nitrogen and oxygen atoms in total. The third-order valence-corrected chi connectivity index (χ3v) is 5.41. The predicted molar refractivity (Wildman–Crippen MR) is 119 cm³/mol. The van der Waals surface area contributed by atoms with Gasteiger partial charge in [0.1, 0.15) is 0 Å². The van der Waals surface area contributed by atoms with Crippen molar-refractivity contribution in [1.82, 2.24) is 0 Å². The second-order valence-corrected chi connectivity index (χ2v) is 7.53. The summed E-state index contributed by atoms with van der Waals surface area (Å²) in [6.07, 6.45) is 2.94. The molecule has 0 aliphatic rings. The molecular formula is C28H26. The first-order valence-electron chi connectivity index (χ1n) is 10.0. The van der Waals surface area contributed by atoms with Crippen LogP contribution in [0.3, 0.4) is 0 Å². The van der Waals surface area contributed by atoms with Crippen LogP contribution in [-0.2, 0) is 19.3 Å². The fraction of sp³-hybridized carbons (Fsp3) is 0.143. The van der Waals surface area contributed by atoms with Crippen molar-refractivity contribution >= 4 is 0 Å². The molecule has 0 radical (unpaired) electrons. The van der Waals surface area contributed by atoms with Crippen LogP contribution in [0.2, 0.25) is 0 Å². The van der Waals surface area contributed by atoms with Crippen molar-refractivity contribution in [3.63, 3.8) is 0 Å². The molecule has 0 amide bonds. The van der Waals surface area contributed by atoms with Crippen LogP contribution >= 0.6 is 0 Å². The van der Waals surface area contributed by atoms with E-state index in [-0.39, 0.29) is 0 Å². The van der Waals surface area contributed by atoms with Crippen molar-refractivity contribution in [3.05, 3.63) is 142 Å². The van der Waals surface area contributed by atoms with Gasteiger partial charge in [0.05, 0.1) is 0 Å². The molecule has 0 aliphatic heterocycles. The van der Waals surface area contributed by atoms with E-state index in [9.17, 15) is 0 Å². The van der Waals surface area contributed by atoms with E-state index in [1.807, 2.05) is 0 Å². The maximum Gasteiger partial charge on any atom is -0.00229 e. The van der Waals surface area contributed by atoms with Crippen LogP contribution < -0.4 is 0 Å². The minimum atomic E-state index is 0.977. The molecular weight excluding hydrogens is 336 g/mol. The van der Waals surface area contributed by atoms with E-state index in [4.69, 9.17) is 0 Å². The Kier molecular flexibility index (Phi) is 5.68. The molecule has 0 bridgehead atoms. The molecule has 0 fully saturated rings. The molecule has 0 N–H and O–H groups in total. The average Bonchev–Trinajstić information content (AvgIpc) is 2.74. The highest BCUT2D eigenvalue weighted by molar-refractivity contribution is 5.44. The van der Waals surface area contributed by atoms with Crippen LogP contribution in [0.25, 0.3) is 0 Å². The molecule has 4 rings (SSSR count). The summed E-state index contributed by atoms with van der Waals surface area (Å²) < 4.78 is 0. The van der Waals surface area contributed by atoms with E-state index in [1.165, 1.54) is 38.9 Å². The monoisotopic (exact) mass is 362 g/mol. The number of hydrogen-bond donors (Lipinski definition) is 0. The van der Waals surface area contributed by atoms with E-state index < -0.39 is 0 Å². The van der Waals surface area contributed by atoms with Gasteiger partial charge in [-0.15, -0.1) is 0 Å². The quantitative estimate of drug-likeness (QED) is 0.355. The first-order valence-corrected chi connectivity index (χ1v) is 10.0. The molecule has 0 atom stereocenters. The van der Waals surface area contributed by atoms with E-state index in [0.29, 0.717) is 0 Å². The fourth-order valence-electron chi connectivity index (χ4n) is 3.84. The number of benzene rings is 4. The van der Waals surface area contributed by atoms with Crippen molar-refractivity contribution < 1.29 is 0 Å². The number of rotatable bonds is 6. The Labute approximate surface area is 168 Å². The summed E-state index contributed by atoms with van der Waals surface area (Å²) in [6, 6.07) is 37.2. The minimum Gasteiger partial charge on any atom is -0.0622 e. The lowest BCUT2D eigenvalue weighted by Gasteiger charge is -2.16. The van der Waals surface area contributed by atoms with E-state index >= 15 is 0 Å². The van der Waals surface area contributed by atoms with Gasteiger partial charge in [-0.1, -0.05) is 103 Å². The van der Waals surface area contributed by atoms with Crippen LogP contribution in [0, 0.1) is 6.92 Å². The summed E-state index contributed by atoms with van der Waals surface area (Å²) in [4.78, 5) is 0. The average molecular weight is 363 g/mol. The molecule has 138 valence electrons. The Hall–Kier alpha value is -3.12. The molecule has 0 heterocycles. The van der Waals surface area contributed by atoms with Crippen LogP contribution in [0.5, 0.6) is 0 Å². The second kappa shape index (κ2) is 8.71. The third-order valence-electron chi connectivity index (χ3n) is 5.41. The van der Waals surface area contributed by atoms with Gasteiger partial charge in [0.15, 0.2) is 0 Å². The van der Waals surface area contributed by atoms with Crippen molar-refractivity contribution in [2.75, 3.05) is 0 Å². The van der Waals surface area contributed by atoms with Crippen LogP contribution in [0.15, 0.2) is 103 Å². The molecule has 0 aromatic heterocycles. The molecule has 0 saturated carbocycles. The fourth-order valence-corrected chi connectivity index (χ4v) is 3.84. The van der Waals surface area contributed by atoms with Crippen LogP contribution in [0.1, 0.15) is 38.9 Å². The highest BCUT2D eigenvalue weighted by atomic mass is 14.1. The van der Waals surface area contributed by atoms with Crippen molar-refractivity contribution in [1.29, 1.82) is 0 Å². The molecule has 0 saturated heterocycles. The maximum absolute atomic E-state index is 2.41. The zero-order valence-corrected chi connectivity index (χ0v) is 16.4. The SMILES string of the molecule is Cc1c(Cc2ccccc2)cc(Cc2ccccc2)cc1Cc1ccccc1. The van der Waals surface area contributed by atoms with Gasteiger partial charge < -0.3 is 0 Å². The third kappa shape index (κ3) is 4.58. The van der Waals surface area contributed by atoms with Gasteiger partial charge in [-0.05, 0) is 65.1 Å². The molecule has 0 unspecified atom stereocenters. The van der Waals surface area contributed by atoms with Gasteiger partial charge in [0, 0.05) is 0 Å². The lowest BCUT2D eigenvalue weighted by Crippen LogP contribution is -2.02. The molecule has 28 heavy (non-hydrogen) atoms. The van der Waals surface area contributed by atoms with Gasteiger partial charge >= 0.3 is 0 Å². The summed E-state index contributed by atoms with van der Waals surface area (Å²) in [5.74, 6) is 0. The highest BCUT2D eigenvalue weighted by Gasteiger charge is 2.10. The number of hydrogen-bond acceptors (Lipinski definition) is 0. The Morgan fingerprint density at radius 1 is 0.429 bits per heavy atom. The summed E-state index contributed by atoms with van der Waals surface area (Å²) in [5.41, 5.74) is 9.79. The Morgan fingerprint density at radius 2 is 0.786 bits per heavy atom. The van der Waals surface area contributed by atoms with E-state index in [0.717, 1.165) is 19.3 Å². The van der Waals surface area contributed by atoms with Gasteiger partial charge in [-0.3, -0.25) is 0 Å². The van der Waals surface area contributed by atoms with E-state index in [1.54, 1.807) is 0 Å². The van der Waals surface area contributed by atoms with Gasteiger partial charge in [0.2, 0.25) is 0 Å². The van der Waals surface area contributed by atoms with Crippen LogP contribution in [0.4, 0.5) is 0 Å². The van der Waals surface area contributed by atoms with Gasteiger partial charge in [0.25, 0.3) is 0 Å². The smallest absolute Gasteiger partial charge is 0.00229 e. The van der Waals surface area contributed by atoms with Crippen molar-refractivity contribution in [2.45, 2.75) is 26.2 Å². The van der Waals surface area contributed by atoms with Crippen molar-refractivity contribution in [3.8, 4) is 0 Å². The topological polar surface area (TPSA) is 0 Å². The zero-order chi connectivity index (χ0) is 19.2. The summed E-state index contributed by atoms with van der Waals surface area (Å²) in [7, 11) is 0. The molecule has 4 aromatic rings. The first-order chi connectivity index (χ1) is 13.8. The lowest BCUT2D eigenvalue weighted by molar-refractivity contribution is 1.06. The zero-order valence-electron chi connectivity index (χ0n) is 16.4. The Morgan fingerprint density at radius 3 is 1.18 bits per heavy atom. The Balaban J connectivity index is 1.71.